The van der Waals surface area contributed by atoms with Crippen molar-refractivity contribution in [1.82, 2.24) is 9.78 Å². The zero-order valence-electron chi connectivity index (χ0n) is 9.49. The molecule has 0 saturated carbocycles. The topological polar surface area (TPSA) is 78.9 Å². The van der Waals surface area contributed by atoms with Crippen molar-refractivity contribution in [1.29, 1.82) is 5.26 Å². The molecule has 0 bridgehead atoms. The van der Waals surface area contributed by atoms with Gasteiger partial charge in [-0.2, -0.15) is 10.4 Å². The molecule has 0 atom stereocenters. The first-order chi connectivity index (χ1) is 8.67. The monoisotopic (exact) mass is 259 g/mol. The third-order valence-electron chi connectivity index (χ3n) is 2.39. The number of nitriles is 1. The molecule has 5 nitrogen and oxygen atoms in total. The van der Waals surface area contributed by atoms with Crippen LogP contribution in [-0.4, -0.2) is 27.1 Å². The Balaban J connectivity index is 2.57. The highest BCUT2D eigenvalue weighted by molar-refractivity contribution is 7.98. The summed E-state index contributed by atoms with van der Waals surface area (Å²) < 4.78 is 1.40. The van der Waals surface area contributed by atoms with E-state index in [9.17, 15) is 10.1 Å². The maximum absolute atomic E-state index is 10.8. The average Bonchev–Trinajstić information content (AvgIpc) is 2.87. The van der Waals surface area contributed by atoms with Crippen molar-refractivity contribution in [2.45, 2.75) is 4.90 Å². The molecule has 2 rings (SSSR count). The number of hydrogen-bond donors (Lipinski definition) is 1. The van der Waals surface area contributed by atoms with Gasteiger partial charge in [0.05, 0.1) is 11.3 Å². The Hall–Kier alpha value is -2.26. The summed E-state index contributed by atoms with van der Waals surface area (Å²) in [5.41, 5.74) is 1.02. The average molecular weight is 259 g/mol. The SMILES string of the molecule is CSc1cccc(-n2ccc(C(=O)O)n2)c1C#N. The van der Waals surface area contributed by atoms with Gasteiger partial charge in [0.15, 0.2) is 5.69 Å². The number of nitrogens with zero attached hydrogens (tertiary/aromatic N) is 3. The van der Waals surface area contributed by atoms with Crippen LogP contribution in [0.2, 0.25) is 0 Å². The minimum Gasteiger partial charge on any atom is -0.476 e. The van der Waals surface area contributed by atoms with Crippen molar-refractivity contribution in [3.8, 4) is 11.8 Å². The van der Waals surface area contributed by atoms with Crippen LogP contribution < -0.4 is 0 Å². The van der Waals surface area contributed by atoms with Gasteiger partial charge in [-0.25, -0.2) is 9.48 Å². The van der Waals surface area contributed by atoms with E-state index in [4.69, 9.17) is 5.11 Å². The number of aromatic nitrogens is 2. The summed E-state index contributed by atoms with van der Waals surface area (Å²) in [5, 5.41) is 21.9. The van der Waals surface area contributed by atoms with Crippen LogP contribution in [0.3, 0.4) is 0 Å². The molecular formula is C12H9N3O2S. The Morgan fingerprint density at radius 2 is 2.28 bits per heavy atom. The summed E-state index contributed by atoms with van der Waals surface area (Å²) in [6.45, 7) is 0. The number of rotatable bonds is 3. The van der Waals surface area contributed by atoms with E-state index in [2.05, 4.69) is 11.2 Å². The van der Waals surface area contributed by atoms with Gasteiger partial charge in [0.2, 0.25) is 0 Å². The molecule has 90 valence electrons. The zero-order valence-corrected chi connectivity index (χ0v) is 10.3. The zero-order chi connectivity index (χ0) is 13.1. The molecule has 0 saturated heterocycles. The third-order valence-corrected chi connectivity index (χ3v) is 3.17. The number of aromatic carboxylic acids is 1. The van der Waals surface area contributed by atoms with Gasteiger partial charge in [-0.3, -0.25) is 0 Å². The maximum Gasteiger partial charge on any atom is 0.356 e. The number of thioether (sulfide) groups is 1. The van der Waals surface area contributed by atoms with Crippen LogP contribution in [-0.2, 0) is 0 Å². The highest BCUT2D eigenvalue weighted by Gasteiger charge is 2.12. The van der Waals surface area contributed by atoms with Crippen LogP contribution in [0, 0.1) is 11.3 Å². The number of benzene rings is 1. The van der Waals surface area contributed by atoms with Gasteiger partial charge in [0, 0.05) is 11.1 Å². The molecule has 0 amide bonds. The Morgan fingerprint density at radius 1 is 1.50 bits per heavy atom. The van der Waals surface area contributed by atoms with Crippen LogP contribution in [0.4, 0.5) is 0 Å². The molecule has 1 aromatic heterocycles. The van der Waals surface area contributed by atoms with Crippen molar-refractivity contribution in [2.75, 3.05) is 6.26 Å². The molecule has 0 aliphatic rings. The van der Waals surface area contributed by atoms with E-state index < -0.39 is 5.97 Å². The molecule has 1 heterocycles. The van der Waals surface area contributed by atoms with Gasteiger partial charge >= 0.3 is 5.97 Å². The Kier molecular flexibility index (Phi) is 3.35. The van der Waals surface area contributed by atoms with Crippen LogP contribution >= 0.6 is 11.8 Å². The van der Waals surface area contributed by atoms with E-state index in [0.717, 1.165) is 4.90 Å². The standard InChI is InChI=1S/C12H9N3O2S/c1-18-11-4-2-3-10(8(11)7-13)15-6-5-9(14-15)12(16)17/h2-6H,1H3,(H,16,17). The van der Waals surface area contributed by atoms with Crippen LogP contribution in [0.1, 0.15) is 16.1 Å². The fourth-order valence-corrected chi connectivity index (χ4v) is 2.13. The first kappa shape index (κ1) is 12.2. The molecule has 0 aliphatic carbocycles. The predicted octanol–water partition coefficient (Wildman–Crippen LogP) is 2.16. The number of carbonyl (C=O) groups is 1. The van der Waals surface area contributed by atoms with Gasteiger partial charge in [-0.05, 0) is 24.5 Å². The lowest BCUT2D eigenvalue weighted by Crippen LogP contribution is -2.03. The normalized spacial score (nSPS) is 10.0. The van der Waals surface area contributed by atoms with Gasteiger partial charge in [-0.1, -0.05) is 6.07 Å². The molecule has 0 spiro atoms. The molecule has 6 heteroatoms. The quantitative estimate of drug-likeness (QED) is 0.854. The summed E-state index contributed by atoms with van der Waals surface area (Å²) in [4.78, 5) is 11.6. The maximum atomic E-state index is 10.8. The molecule has 0 aliphatic heterocycles. The van der Waals surface area contributed by atoms with Crippen molar-refractivity contribution in [3.05, 3.63) is 41.7 Å². The second-order valence-corrected chi connectivity index (χ2v) is 4.26. The summed E-state index contributed by atoms with van der Waals surface area (Å²) in [6, 6.07) is 8.91. The van der Waals surface area contributed by atoms with Crippen LogP contribution in [0.25, 0.3) is 5.69 Å². The molecule has 1 aromatic carbocycles. The first-order valence-corrected chi connectivity index (χ1v) is 6.26. The molecule has 2 aromatic rings. The van der Waals surface area contributed by atoms with Gasteiger partial charge in [0.25, 0.3) is 0 Å². The highest BCUT2D eigenvalue weighted by Crippen LogP contribution is 2.25. The Morgan fingerprint density at radius 3 is 2.83 bits per heavy atom. The summed E-state index contributed by atoms with van der Waals surface area (Å²) in [7, 11) is 0. The number of hydrogen-bond acceptors (Lipinski definition) is 4. The smallest absolute Gasteiger partial charge is 0.356 e. The van der Waals surface area contributed by atoms with E-state index in [1.165, 1.54) is 28.7 Å². The highest BCUT2D eigenvalue weighted by atomic mass is 32.2. The lowest BCUT2D eigenvalue weighted by molar-refractivity contribution is 0.0690. The van der Waals surface area contributed by atoms with Crippen LogP contribution in [0.15, 0.2) is 35.4 Å². The second-order valence-electron chi connectivity index (χ2n) is 3.42. The van der Waals surface area contributed by atoms with E-state index in [-0.39, 0.29) is 5.69 Å². The molecule has 0 radical (unpaired) electrons. The van der Waals surface area contributed by atoms with Crippen molar-refractivity contribution >= 4 is 17.7 Å². The molecule has 0 fully saturated rings. The fraction of sp³-hybridized carbons (Fsp3) is 0.0833. The minimum absolute atomic E-state index is 0.0477. The first-order valence-electron chi connectivity index (χ1n) is 5.04. The third kappa shape index (κ3) is 2.08. The van der Waals surface area contributed by atoms with Crippen molar-refractivity contribution in [3.63, 3.8) is 0 Å². The van der Waals surface area contributed by atoms with Gasteiger partial charge in [-0.15, -0.1) is 11.8 Å². The minimum atomic E-state index is -1.09. The number of carboxylic acid groups (broad SMARTS) is 1. The predicted molar refractivity (Wildman–Crippen MR) is 67.0 cm³/mol. The molecule has 0 unspecified atom stereocenters. The van der Waals surface area contributed by atoms with Crippen LogP contribution in [0.5, 0.6) is 0 Å². The lowest BCUT2D eigenvalue weighted by atomic mass is 10.2. The summed E-state index contributed by atoms with van der Waals surface area (Å²) >= 11 is 1.46. The number of carboxylic acids is 1. The lowest BCUT2D eigenvalue weighted by Gasteiger charge is -2.07. The molecule has 18 heavy (non-hydrogen) atoms. The Labute approximate surface area is 108 Å². The van der Waals surface area contributed by atoms with E-state index in [0.29, 0.717) is 11.3 Å². The van der Waals surface area contributed by atoms with Crippen molar-refractivity contribution < 1.29 is 9.90 Å². The Bertz CT molecular complexity index is 643. The molecular weight excluding hydrogens is 250 g/mol. The molecule has 1 N–H and O–H groups in total. The van der Waals surface area contributed by atoms with E-state index in [1.54, 1.807) is 6.07 Å². The fourth-order valence-electron chi connectivity index (χ4n) is 1.57. The summed E-state index contributed by atoms with van der Waals surface area (Å²) in [6.07, 6.45) is 3.41. The van der Waals surface area contributed by atoms with Gasteiger partial charge in [0.1, 0.15) is 6.07 Å². The van der Waals surface area contributed by atoms with E-state index >= 15 is 0 Å². The van der Waals surface area contributed by atoms with E-state index in [1.807, 2.05) is 18.4 Å². The summed E-state index contributed by atoms with van der Waals surface area (Å²) in [5.74, 6) is -1.09. The van der Waals surface area contributed by atoms with Gasteiger partial charge < -0.3 is 5.11 Å². The largest absolute Gasteiger partial charge is 0.476 e. The second kappa shape index (κ2) is 4.94. The van der Waals surface area contributed by atoms with Crippen molar-refractivity contribution in [2.24, 2.45) is 0 Å².